The molecule has 1 heterocycles. The van der Waals surface area contributed by atoms with Crippen molar-refractivity contribution in [1.29, 1.82) is 0 Å². The van der Waals surface area contributed by atoms with E-state index in [1.165, 1.54) is 12.1 Å². The summed E-state index contributed by atoms with van der Waals surface area (Å²) in [5, 5.41) is 7.08. The highest BCUT2D eigenvalue weighted by Gasteiger charge is 2.16. The Morgan fingerprint density at radius 3 is 2.86 bits per heavy atom. The third-order valence-electron chi connectivity index (χ3n) is 2.38. The van der Waals surface area contributed by atoms with Crippen LogP contribution < -0.4 is 10.6 Å². The van der Waals surface area contributed by atoms with Gasteiger partial charge in [0.05, 0.1) is 0 Å². The van der Waals surface area contributed by atoms with Crippen molar-refractivity contribution < 1.29 is 4.39 Å². The molecule has 1 atom stereocenters. The fraction of sp³-hybridized carbons (Fsp3) is 0.400. The summed E-state index contributed by atoms with van der Waals surface area (Å²) in [4.78, 5) is 0. The largest absolute Gasteiger partial charge is 0.314 e. The molecule has 1 aromatic rings. The second kappa shape index (κ2) is 4.26. The number of benzene rings is 1. The van der Waals surface area contributed by atoms with E-state index in [1.54, 1.807) is 6.07 Å². The van der Waals surface area contributed by atoms with Crippen LogP contribution in [0, 0.1) is 5.82 Å². The molecule has 4 heteroatoms. The predicted octanol–water partition coefficient (Wildman–Crippen LogP) is 1.71. The van der Waals surface area contributed by atoms with Crippen LogP contribution in [0.1, 0.15) is 11.6 Å². The summed E-state index contributed by atoms with van der Waals surface area (Å²) < 4.78 is 12.8. The molecule has 2 nitrogen and oxygen atoms in total. The monoisotopic (exact) mass is 214 g/mol. The van der Waals surface area contributed by atoms with E-state index in [1.807, 2.05) is 0 Å². The SMILES string of the molecule is Fc1ccc(C2CNCCN2)c(Cl)c1. The van der Waals surface area contributed by atoms with Gasteiger partial charge in [-0.15, -0.1) is 0 Å². The molecular weight excluding hydrogens is 203 g/mol. The van der Waals surface area contributed by atoms with E-state index in [9.17, 15) is 4.39 Å². The lowest BCUT2D eigenvalue weighted by Gasteiger charge is -2.25. The Bertz CT molecular complexity index is 324. The quantitative estimate of drug-likeness (QED) is 0.744. The molecule has 1 unspecified atom stereocenters. The van der Waals surface area contributed by atoms with Gasteiger partial charge in [0.25, 0.3) is 0 Å². The second-order valence-electron chi connectivity index (χ2n) is 3.38. The van der Waals surface area contributed by atoms with Crippen molar-refractivity contribution in [2.75, 3.05) is 19.6 Å². The summed E-state index contributed by atoms with van der Waals surface area (Å²) >= 11 is 5.96. The van der Waals surface area contributed by atoms with Crippen molar-refractivity contribution in [3.05, 3.63) is 34.6 Å². The van der Waals surface area contributed by atoms with Gasteiger partial charge in [0.2, 0.25) is 0 Å². The second-order valence-corrected chi connectivity index (χ2v) is 3.78. The minimum Gasteiger partial charge on any atom is -0.314 e. The van der Waals surface area contributed by atoms with E-state index in [2.05, 4.69) is 10.6 Å². The Balaban J connectivity index is 2.22. The van der Waals surface area contributed by atoms with Crippen molar-refractivity contribution in [3.63, 3.8) is 0 Å². The molecule has 0 aliphatic carbocycles. The first kappa shape index (κ1) is 9.90. The lowest BCUT2D eigenvalue weighted by Crippen LogP contribution is -2.42. The molecule has 76 valence electrons. The van der Waals surface area contributed by atoms with Gasteiger partial charge in [0, 0.05) is 30.7 Å². The Kier molecular flexibility index (Phi) is 3.01. The summed E-state index contributed by atoms with van der Waals surface area (Å²) in [5.41, 5.74) is 0.959. The minimum absolute atomic E-state index is 0.192. The van der Waals surface area contributed by atoms with Crippen LogP contribution in [-0.2, 0) is 0 Å². The van der Waals surface area contributed by atoms with Crippen LogP contribution in [0.3, 0.4) is 0 Å². The van der Waals surface area contributed by atoms with E-state index in [4.69, 9.17) is 11.6 Å². The van der Waals surface area contributed by atoms with Crippen LogP contribution in [0.4, 0.5) is 4.39 Å². The summed E-state index contributed by atoms with van der Waals surface area (Å²) in [6.45, 7) is 2.72. The van der Waals surface area contributed by atoms with E-state index in [-0.39, 0.29) is 11.9 Å². The van der Waals surface area contributed by atoms with Crippen molar-refractivity contribution in [3.8, 4) is 0 Å². The van der Waals surface area contributed by atoms with Crippen LogP contribution in [0.15, 0.2) is 18.2 Å². The molecular formula is C10H12ClFN2. The Morgan fingerprint density at radius 1 is 1.36 bits per heavy atom. The molecule has 2 rings (SSSR count). The van der Waals surface area contributed by atoms with Gasteiger partial charge >= 0.3 is 0 Å². The van der Waals surface area contributed by atoms with E-state index in [0.717, 1.165) is 25.2 Å². The van der Waals surface area contributed by atoms with Crippen molar-refractivity contribution >= 4 is 11.6 Å². The van der Waals surface area contributed by atoms with Crippen molar-refractivity contribution in [2.24, 2.45) is 0 Å². The molecule has 1 aliphatic rings. The van der Waals surface area contributed by atoms with Gasteiger partial charge in [0.15, 0.2) is 0 Å². The fourth-order valence-corrected chi connectivity index (χ4v) is 1.96. The molecule has 0 saturated carbocycles. The van der Waals surface area contributed by atoms with Gasteiger partial charge in [-0.05, 0) is 17.7 Å². The van der Waals surface area contributed by atoms with E-state index < -0.39 is 0 Å². The number of piperazine rings is 1. The van der Waals surface area contributed by atoms with E-state index >= 15 is 0 Å². The first-order valence-corrected chi connectivity index (χ1v) is 5.04. The van der Waals surface area contributed by atoms with Gasteiger partial charge in [-0.1, -0.05) is 17.7 Å². The topological polar surface area (TPSA) is 24.1 Å². The molecule has 0 bridgehead atoms. The molecule has 2 N–H and O–H groups in total. The number of nitrogens with one attached hydrogen (secondary N) is 2. The molecule has 1 saturated heterocycles. The van der Waals surface area contributed by atoms with Crippen molar-refractivity contribution in [2.45, 2.75) is 6.04 Å². The highest BCUT2D eigenvalue weighted by atomic mass is 35.5. The minimum atomic E-state index is -0.289. The molecule has 0 aromatic heterocycles. The predicted molar refractivity (Wildman–Crippen MR) is 55.0 cm³/mol. The summed E-state index contributed by atoms with van der Waals surface area (Å²) in [6, 6.07) is 4.73. The maximum Gasteiger partial charge on any atom is 0.124 e. The van der Waals surface area contributed by atoms with Crippen LogP contribution in [-0.4, -0.2) is 19.6 Å². The highest BCUT2D eigenvalue weighted by Crippen LogP contribution is 2.24. The fourth-order valence-electron chi connectivity index (χ4n) is 1.66. The van der Waals surface area contributed by atoms with Gasteiger partial charge in [-0.2, -0.15) is 0 Å². The molecule has 14 heavy (non-hydrogen) atoms. The lowest BCUT2D eigenvalue weighted by atomic mass is 10.1. The zero-order valence-electron chi connectivity index (χ0n) is 7.69. The van der Waals surface area contributed by atoms with Crippen LogP contribution >= 0.6 is 11.6 Å². The first-order chi connectivity index (χ1) is 6.77. The van der Waals surface area contributed by atoms with Crippen molar-refractivity contribution in [1.82, 2.24) is 10.6 Å². The molecule has 0 spiro atoms. The van der Waals surface area contributed by atoms with E-state index in [0.29, 0.717) is 5.02 Å². The number of halogens is 2. The smallest absolute Gasteiger partial charge is 0.124 e. The maximum absolute atomic E-state index is 12.8. The number of hydrogen-bond acceptors (Lipinski definition) is 2. The summed E-state index contributed by atoms with van der Waals surface area (Å²) in [6.07, 6.45) is 0. The zero-order valence-corrected chi connectivity index (χ0v) is 8.44. The first-order valence-electron chi connectivity index (χ1n) is 4.66. The molecule has 1 aromatic carbocycles. The normalized spacial score (nSPS) is 22.3. The molecule has 1 fully saturated rings. The number of rotatable bonds is 1. The highest BCUT2D eigenvalue weighted by molar-refractivity contribution is 6.31. The van der Waals surface area contributed by atoms with Crippen LogP contribution in [0.25, 0.3) is 0 Å². The molecule has 0 radical (unpaired) electrons. The van der Waals surface area contributed by atoms with Gasteiger partial charge in [0.1, 0.15) is 5.82 Å². The van der Waals surface area contributed by atoms with Crippen LogP contribution in [0.5, 0.6) is 0 Å². The third-order valence-corrected chi connectivity index (χ3v) is 2.71. The molecule has 0 amide bonds. The zero-order chi connectivity index (χ0) is 9.97. The lowest BCUT2D eigenvalue weighted by molar-refractivity contribution is 0.430. The van der Waals surface area contributed by atoms with Gasteiger partial charge in [-0.25, -0.2) is 4.39 Å². The summed E-state index contributed by atoms with van der Waals surface area (Å²) in [7, 11) is 0. The third kappa shape index (κ3) is 2.05. The Morgan fingerprint density at radius 2 is 2.21 bits per heavy atom. The number of hydrogen-bond donors (Lipinski definition) is 2. The maximum atomic E-state index is 12.8. The van der Waals surface area contributed by atoms with Gasteiger partial charge < -0.3 is 10.6 Å². The Hall–Kier alpha value is -0.640. The van der Waals surface area contributed by atoms with Crippen LogP contribution in [0.2, 0.25) is 5.02 Å². The summed E-state index contributed by atoms with van der Waals surface area (Å²) in [5.74, 6) is -0.289. The molecule has 1 aliphatic heterocycles. The standard InChI is InChI=1S/C10H12ClFN2/c11-9-5-7(12)1-2-8(9)10-6-13-3-4-14-10/h1-2,5,10,13-14H,3-4,6H2. The average Bonchev–Trinajstić information content (AvgIpc) is 2.19. The Labute approximate surface area is 87.5 Å². The average molecular weight is 215 g/mol. The van der Waals surface area contributed by atoms with Gasteiger partial charge in [-0.3, -0.25) is 0 Å².